The second-order valence-electron chi connectivity index (χ2n) is 5.87. The van der Waals surface area contributed by atoms with Gasteiger partial charge in [0.2, 0.25) is 0 Å². The fourth-order valence-corrected chi connectivity index (χ4v) is 2.50. The van der Waals surface area contributed by atoms with Crippen LogP contribution < -0.4 is 0 Å². The molecule has 0 amide bonds. The molecule has 0 spiro atoms. The van der Waals surface area contributed by atoms with Crippen molar-refractivity contribution in [2.45, 2.75) is 83.5 Å². The van der Waals surface area contributed by atoms with Crippen LogP contribution in [0.1, 0.15) is 71.1 Å². The van der Waals surface area contributed by atoms with Crippen LogP contribution in [0, 0.1) is 0 Å². The third kappa shape index (κ3) is 9.91. The van der Waals surface area contributed by atoms with Crippen LogP contribution in [0.4, 0.5) is 0 Å². The molecular formula is C19H32O3. The second kappa shape index (κ2) is 13.7. The Labute approximate surface area is 135 Å². The van der Waals surface area contributed by atoms with Gasteiger partial charge in [0.15, 0.2) is 6.29 Å². The van der Waals surface area contributed by atoms with E-state index in [4.69, 9.17) is 9.47 Å². The van der Waals surface area contributed by atoms with Crippen molar-refractivity contribution in [1.82, 2.24) is 0 Å². The first-order valence-corrected chi connectivity index (χ1v) is 8.87. The molecule has 3 nitrogen and oxygen atoms in total. The molecule has 1 aliphatic heterocycles. The van der Waals surface area contributed by atoms with Gasteiger partial charge in [0.25, 0.3) is 0 Å². The minimum absolute atomic E-state index is 0.0506. The average molecular weight is 308 g/mol. The fraction of sp³-hybridized carbons (Fsp3) is 0.737. The molecule has 1 saturated heterocycles. The van der Waals surface area contributed by atoms with Crippen LogP contribution in [0.25, 0.3) is 0 Å². The largest absolute Gasteiger partial charge is 0.353 e. The Morgan fingerprint density at radius 3 is 2.73 bits per heavy atom. The van der Waals surface area contributed by atoms with Crippen LogP contribution in [0.15, 0.2) is 24.3 Å². The van der Waals surface area contributed by atoms with Gasteiger partial charge in [-0.3, -0.25) is 0 Å². The maximum absolute atomic E-state index is 10.8. The zero-order chi connectivity index (χ0) is 15.9. The van der Waals surface area contributed by atoms with Crippen molar-refractivity contribution in [2.24, 2.45) is 0 Å². The highest BCUT2D eigenvalue weighted by molar-refractivity contribution is 5.50. The van der Waals surface area contributed by atoms with Crippen LogP contribution in [0.5, 0.6) is 0 Å². The zero-order valence-electron chi connectivity index (χ0n) is 14.0. The summed E-state index contributed by atoms with van der Waals surface area (Å²) >= 11 is 0. The van der Waals surface area contributed by atoms with Crippen LogP contribution in [-0.4, -0.2) is 25.3 Å². The number of carbonyl (C=O) groups is 1. The Morgan fingerprint density at radius 1 is 1.14 bits per heavy atom. The van der Waals surface area contributed by atoms with E-state index in [0.29, 0.717) is 6.42 Å². The van der Waals surface area contributed by atoms with Gasteiger partial charge in [-0.2, -0.15) is 0 Å². The maximum Gasteiger partial charge on any atom is 0.157 e. The van der Waals surface area contributed by atoms with Gasteiger partial charge in [0.05, 0.1) is 6.10 Å². The molecule has 0 aromatic carbocycles. The van der Waals surface area contributed by atoms with E-state index >= 15 is 0 Å². The molecule has 1 rings (SSSR count). The number of hydrogen-bond donors (Lipinski definition) is 0. The summed E-state index contributed by atoms with van der Waals surface area (Å²) < 4.78 is 11.5. The summed E-state index contributed by atoms with van der Waals surface area (Å²) in [5.41, 5.74) is 0. The van der Waals surface area contributed by atoms with Crippen molar-refractivity contribution in [3.8, 4) is 0 Å². The van der Waals surface area contributed by atoms with Crippen molar-refractivity contribution in [3.63, 3.8) is 0 Å². The van der Waals surface area contributed by atoms with Gasteiger partial charge in [0, 0.05) is 13.0 Å². The molecule has 0 saturated carbocycles. The van der Waals surface area contributed by atoms with Gasteiger partial charge in [-0.1, -0.05) is 44.1 Å². The first-order chi connectivity index (χ1) is 10.9. The summed E-state index contributed by atoms with van der Waals surface area (Å²) in [6, 6.07) is 0. The number of carbonyl (C=O) groups excluding carboxylic acids is 1. The van der Waals surface area contributed by atoms with Gasteiger partial charge in [0.1, 0.15) is 6.29 Å². The van der Waals surface area contributed by atoms with Gasteiger partial charge >= 0.3 is 0 Å². The van der Waals surface area contributed by atoms with Gasteiger partial charge in [-0.25, -0.2) is 0 Å². The standard InChI is InChI=1S/C19H32O3/c1-2-3-4-5-6-7-8-9-10-13-18(15-16-20)22-19-14-11-12-17-21-19/h6-7,9-10,16,18-19H,2-5,8,11-15,17H2,1H3/t18?,19-/m1/s1. The van der Waals surface area contributed by atoms with E-state index in [1.165, 1.54) is 25.7 Å². The summed E-state index contributed by atoms with van der Waals surface area (Å²) in [6.45, 7) is 3.00. The minimum Gasteiger partial charge on any atom is -0.353 e. The molecule has 0 N–H and O–H groups in total. The Balaban J connectivity index is 2.16. The van der Waals surface area contributed by atoms with E-state index < -0.39 is 0 Å². The van der Waals surface area contributed by atoms with E-state index in [-0.39, 0.29) is 12.4 Å². The van der Waals surface area contributed by atoms with E-state index in [0.717, 1.165) is 45.0 Å². The lowest BCUT2D eigenvalue weighted by molar-refractivity contribution is -0.187. The average Bonchev–Trinajstić information content (AvgIpc) is 2.54. The molecule has 0 aromatic heterocycles. The summed E-state index contributed by atoms with van der Waals surface area (Å²) in [7, 11) is 0. The minimum atomic E-state index is -0.120. The summed E-state index contributed by atoms with van der Waals surface area (Å²) in [6.07, 6.45) is 20.0. The number of rotatable bonds is 12. The van der Waals surface area contributed by atoms with Crippen molar-refractivity contribution in [1.29, 1.82) is 0 Å². The smallest absolute Gasteiger partial charge is 0.157 e. The highest BCUT2D eigenvalue weighted by atomic mass is 16.7. The lowest BCUT2D eigenvalue weighted by Crippen LogP contribution is -2.28. The van der Waals surface area contributed by atoms with Gasteiger partial charge in [-0.05, 0) is 44.9 Å². The number of allylic oxidation sites excluding steroid dienone is 3. The summed E-state index contributed by atoms with van der Waals surface area (Å²) in [5, 5.41) is 0. The number of ether oxygens (including phenoxy) is 2. The summed E-state index contributed by atoms with van der Waals surface area (Å²) in [5.74, 6) is 0. The maximum atomic E-state index is 10.8. The lowest BCUT2D eigenvalue weighted by atomic mass is 10.1. The molecule has 1 aliphatic rings. The van der Waals surface area contributed by atoms with Crippen LogP contribution >= 0.6 is 0 Å². The third-order valence-corrected chi connectivity index (χ3v) is 3.82. The molecule has 1 unspecified atom stereocenters. The lowest BCUT2D eigenvalue weighted by Gasteiger charge is -2.26. The zero-order valence-corrected chi connectivity index (χ0v) is 14.0. The number of hydrogen-bond acceptors (Lipinski definition) is 3. The number of unbranched alkanes of at least 4 members (excludes halogenated alkanes) is 3. The molecule has 0 aromatic rings. The normalized spacial score (nSPS) is 20.7. The monoisotopic (exact) mass is 308 g/mol. The van der Waals surface area contributed by atoms with Crippen molar-refractivity contribution in [3.05, 3.63) is 24.3 Å². The first-order valence-electron chi connectivity index (χ1n) is 8.87. The van der Waals surface area contributed by atoms with E-state index in [1.807, 2.05) is 0 Å². The molecule has 3 heteroatoms. The molecule has 1 fully saturated rings. The van der Waals surface area contributed by atoms with Crippen molar-refractivity contribution < 1.29 is 14.3 Å². The fourth-order valence-electron chi connectivity index (χ4n) is 2.50. The molecule has 0 radical (unpaired) electrons. The van der Waals surface area contributed by atoms with Gasteiger partial charge < -0.3 is 14.3 Å². The Bertz CT molecular complexity index is 317. The Hall–Kier alpha value is -0.930. The second-order valence-corrected chi connectivity index (χ2v) is 5.87. The first kappa shape index (κ1) is 19.1. The molecule has 0 aliphatic carbocycles. The molecule has 22 heavy (non-hydrogen) atoms. The molecule has 0 bridgehead atoms. The Morgan fingerprint density at radius 2 is 2.00 bits per heavy atom. The van der Waals surface area contributed by atoms with Gasteiger partial charge in [-0.15, -0.1) is 0 Å². The van der Waals surface area contributed by atoms with Crippen molar-refractivity contribution in [2.75, 3.05) is 6.61 Å². The SMILES string of the molecule is CCCCCC=CCC=CCC(CC=O)O[C@@H]1CCCCO1. The molecule has 1 heterocycles. The predicted molar refractivity (Wildman–Crippen MR) is 90.8 cm³/mol. The number of aldehydes is 1. The van der Waals surface area contributed by atoms with Crippen LogP contribution in [0.3, 0.4) is 0 Å². The topological polar surface area (TPSA) is 35.5 Å². The third-order valence-electron chi connectivity index (χ3n) is 3.82. The quantitative estimate of drug-likeness (QED) is 0.290. The molecule has 2 atom stereocenters. The van der Waals surface area contributed by atoms with Crippen LogP contribution in [-0.2, 0) is 14.3 Å². The van der Waals surface area contributed by atoms with Crippen molar-refractivity contribution >= 4 is 6.29 Å². The highest BCUT2D eigenvalue weighted by Gasteiger charge is 2.18. The Kier molecular flexibility index (Phi) is 11.9. The van der Waals surface area contributed by atoms with E-state index in [2.05, 4.69) is 31.2 Å². The highest BCUT2D eigenvalue weighted by Crippen LogP contribution is 2.18. The molecular weight excluding hydrogens is 276 g/mol. The van der Waals surface area contributed by atoms with E-state index in [9.17, 15) is 4.79 Å². The predicted octanol–water partition coefficient (Wildman–Crippen LogP) is 4.96. The van der Waals surface area contributed by atoms with E-state index in [1.54, 1.807) is 0 Å². The molecule has 126 valence electrons. The summed E-state index contributed by atoms with van der Waals surface area (Å²) in [4.78, 5) is 10.8. The van der Waals surface area contributed by atoms with Crippen LogP contribution in [0.2, 0.25) is 0 Å².